The Morgan fingerprint density at radius 1 is 0.889 bits per heavy atom. The summed E-state index contributed by atoms with van der Waals surface area (Å²) in [6.45, 7) is 5.99. The van der Waals surface area contributed by atoms with Gasteiger partial charge in [-0.25, -0.2) is 0 Å². The number of benzene rings is 2. The monoisotopic (exact) mass is 356 g/mol. The van der Waals surface area contributed by atoms with E-state index in [4.69, 9.17) is 0 Å². The van der Waals surface area contributed by atoms with Crippen molar-refractivity contribution in [1.29, 1.82) is 0 Å². The molecule has 1 amide bonds. The molecule has 3 rings (SSSR count). The summed E-state index contributed by atoms with van der Waals surface area (Å²) >= 11 is 0. The first-order valence-electron chi connectivity index (χ1n) is 9.52. The molecule has 0 aliphatic heterocycles. The number of hydrogen-bond donors (Lipinski definition) is 1. The van der Waals surface area contributed by atoms with Crippen LogP contribution in [0.5, 0.6) is 0 Å². The smallest absolute Gasteiger partial charge is 0.226 e. The largest absolute Gasteiger partial charge is 0.326 e. The Morgan fingerprint density at radius 3 is 2.04 bits per heavy atom. The third-order valence-electron chi connectivity index (χ3n) is 4.69. The van der Waals surface area contributed by atoms with Gasteiger partial charge in [-0.15, -0.1) is 0 Å². The van der Waals surface area contributed by atoms with E-state index in [0.717, 1.165) is 17.7 Å². The number of hydrogen-bond acceptors (Lipinski definition) is 1. The van der Waals surface area contributed by atoms with Gasteiger partial charge in [-0.3, -0.25) is 4.79 Å². The lowest BCUT2D eigenvalue weighted by Gasteiger charge is -2.20. The predicted molar refractivity (Wildman–Crippen MR) is 113 cm³/mol. The third kappa shape index (κ3) is 4.68. The van der Waals surface area contributed by atoms with Crippen molar-refractivity contribution < 1.29 is 4.79 Å². The van der Waals surface area contributed by atoms with Crippen LogP contribution in [0.2, 0.25) is 0 Å². The Labute approximate surface area is 163 Å². The third-order valence-corrected chi connectivity index (χ3v) is 4.69. The molecule has 2 heteroatoms. The van der Waals surface area contributed by atoms with Gasteiger partial charge >= 0.3 is 0 Å². The van der Waals surface area contributed by atoms with Crippen molar-refractivity contribution in [3.05, 3.63) is 103 Å². The van der Waals surface area contributed by atoms with Gasteiger partial charge in [0.2, 0.25) is 5.91 Å². The summed E-state index contributed by atoms with van der Waals surface area (Å²) in [6, 6.07) is 18.7. The maximum absolute atomic E-state index is 11.9. The molecule has 0 heterocycles. The minimum atomic E-state index is -0.0338. The molecule has 1 fully saturated rings. The van der Waals surface area contributed by atoms with E-state index in [1.54, 1.807) is 0 Å². The van der Waals surface area contributed by atoms with Crippen LogP contribution in [0.4, 0.5) is 5.69 Å². The molecular weight excluding hydrogens is 330 g/mol. The molecule has 0 atom stereocenters. The van der Waals surface area contributed by atoms with Crippen molar-refractivity contribution in [2.45, 2.75) is 27.2 Å². The first-order valence-corrected chi connectivity index (χ1v) is 9.52. The Hall–Kier alpha value is -2.35. The summed E-state index contributed by atoms with van der Waals surface area (Å²) < 4.78 is 0. The topological polar surface area (TPSA) is 29.1 Å². The summed E-state index contributed by atoms with van der Waals surface area (Å²) in [6.07, 6.45) is 9.44. The predicted octanol–water partition coefficient (Wildman–Crippen LogP) is 5.90. The van der Waals surface area contributed by atoms with Crippen LogP contribution < -0.4 is 5.32 Å². The van der Waals surface area contributed by atoms with Gasteiger partial charge < -0.3 is 5.32 Å². The molecule has 5 radical (unpaired) electrons. The van der Waals surface area contributed by atoms with E-state index >= 15 is 0 Å². The van der Waals surface area contributed by atoms with Crippen molar-refractivity contribution >= 4 is 17.2 Å². The molecule has 0 bridgehead atoms. The van der Waals surface area contributed by atoms with Crippen LogP contribution in [0.1, 0.15) is 38.3 Å². The molecule has 2 nitrogen and oxygen atoms in total. The number of allylic oxidation sites excluding steroid dienone is 1. The zero-order chi connectivity index (χ0) is 19.2. The SMILES string of the molecule is CC/C([C]1[CH][CH][CH][CH]1)=C(\c1ccccc1)c1ccc(NC(=O)C(C)C)cc1. The Kier molecular flexibility index (Phi) is 6.49. The zero-order valence-corrected chi connectivity index (χ0v) is 16.2. The fourth-order valence-corrected chi connectivity index (χ4v) is 3.23. The molecule has 27 heavy (non-hydrogen) atoms. The molecule has 2 aromatic rings. The molecule has 2 aromatic carbocycles. The molecule has 0 spiro atoms. The van der Waals surface area contributed by atoms with Gasteiger partial charge in [0.25, 0.3) is 0 Å². The second-order valence-electron chi connectivity index (χ2n) is 6.97. The summed E-state index contributed by atoms with van der Waals surface area (Å²) in [5.41, 5.74) is 5.75. The van der Waals surface area contributed by atoms with Crippen molar-refractivity contribution in [3.8, 4) is 0 Å². The highest BCUT2D eigenvalue weighted by Gasteiger charge is 2.24. The number of rotatable bonds is 6. The molecule has 0 unspecified atom stereocenters. The average Bonchev–Trinajstić information content (AvgIpc) is 3.22. The van der Waals surface area contributed by atoms with Crippen molar-refractivity contribution in [2.24, 2.45) is 5.92 Å². The van der Waals surface area contributed by atoms with Crippen LogP contribution in [-0.2, 0) is 4.79 Å². The summed E-state index contributed by atoms with van der Waals surface area (Å²) in [5, 5.41) is 2.96. The van der Waals surface area contributed by atoms with E-state index in [1.807, 2.05) is 32.0 Å². The Morgan fingerprint density at radius 2 is 1.48 bits per heavy atom. The molecule has 0 aromatic heterocycles. The van der Waals surface area contributed by atoms with E-state index in [2.05, 4.69) is 74.3 Å². The lowest BCUT2D eigenvalue weighted by molar-refractivity contribution is -0.118. The second kappa shape index (κ2) is 9.03. The fraction of sp³-hybridized carbons (Fsp3) is 0.200. The van der Waals surface area contributed by atoms with Crippen LogP contribution in [0.3, 0.4) is 0 Å². The number of nitrogens with one attached hydrogen (secondary N) is 1. The summed E-state index contributed by atoms with van der Waals surface area (Å²) in [7, 11) is 0. The van der Waals surface area contributed by atoms with Crippen LogP contribution in [0, 0.1) is 37.5 Å². The van der Waals surface area contributed by atoms with Gasteiger partial charge in [0, 0.05) is 17.5 Å². The van der Waals surface area contributed by atoms with E-state index in [0.29, 0.717) is 0 Å². The van der Waals surface area contributed by atoms with Crippen molar-refractivity contribution in [3.63, 3.8) is 0 Å². The Bertz CT molecular complexity index is 781. The average molecular weight is 356 g/mol. The fourth-order valence-electron chi connectivity index (χ4n) is 3.23. The molecule has 1 aliphatic rings. The van der Waals surface area contributed by atoms with Gasteiger partial charge in [0.1, 0.15) is 0 Å². The lowest BCUT2D eigenvalue weighted by atomic mass is 9.84. The molecule has 1 N–H and O–H groups in total. The second-order valence-corrected chi connectivity index (χ2v) is 6.97. The molecule has 137 valence electrons. The van der Waals surface area contributed by atoms with E-state index in [9.17, 15) is 4.79 Å². The summed E-state index contributed by atoms with van der Waals surface area (Å²) in [4.78, 5) is 11.9. The van der Waals surface area contributed by atoms with Gasteiger partial charge in [-0.1, -0.05) is 68.8 Å². The highest BCUT2D eigenvalue weighted by molar-refractivity contribution is 5.92. The van der Waals surface area contributed by atoms with Gasteiger partial charge in [-0.2, -0.15) is 0 Å². The quantitative estimate of drug-likeness (QED) is 0.686. The van der Waals surface area contributed by atoms with Crippen LogP contribution >= 0.6 is 0 Å². The minimum absolute atomic E-state index is 0.0338. The number of amides is 1. The number of anilines is 1. The minimum Gasteiger partial charge on any atom is -0.326 e. The first-order chi connectivity index (χ1) is 13.1. The normalized spacial score (nSPS) is 15.7. The summed E-state index contributed by atoms with van der Waals surface area (Å²) in [5.74, 6) is 1.26. The maximum atomic E-state index is 11.9. The van der Waals surface area contributed by atoms with Crippen molar-refractivity contribution in [2.75, 3.05) is 5.32 Å². The van der Waals surface area contributed by atoms with E-state index in [1.165, 1.54) is 22.6 Å². The zero-order valence-electron chi connectivity index (χ0n) is 16.2. The highest BCUT2D eigenvalue weighted by Crippen LogP contribution is 2.39. The molecule has 0 saturated heterocycles. The lowest BCUT2D eigenvalue weighted by Crippen LogP contribution is -2.17. The standard InChI is InChI=1S/C25H26NO/c1-4-23(19-10-8-9-11-19)24(20-12-6-5-7-13-20)21-14-16-22(17-15-21)26-25(27)18(2)3/h5-18H,4H2,1-3H3,(H,26,27)/b24-23-. The van der Waals surface area contributed by atoms with E-state index in [-0.39, 0.29) is 11.8 Å². The first kappa shape index (κ1) is 19.4. The molecule has 1 aliphatic carbocycles. The van der Waals surface area contributed by atoms with Gasteiger partial charge in [0.15, 0.2) is 0 Å². The van der Waals surface area contributed by atoms with Gasteiger partial charge in [0.05, 0.1) is 0 Å². The van der Waals surface area contributed by atoms with E-state index < -0.39 is 0 Å². The van der Waals surface area contributed by atoms with Gasteiger partial charge in [-0.05, 0) is 60.9 Å². The van der Waals surface area contributed by atoms with Crippen LogP contribution in [-0.4, -0.2) is 5.91 Å². The van der Waals surface area contributed by atoms with Crippen molar-refractivity contribution in [1.82, 2.24) is 0 Å². The Balaban J connectivity index is 1.99. The number of carbonyl (C=O) groups excluding carboxylic acids is 1. The number of carbonyl (C=O) groups is 1. The van der Waals surface area contributed by atoms with Crippen LogP contribution in [0.15, 0.2) is 60.2 Å². The molecular formula is C25H26NO. The molecule has 1 saturated carbocycles. The highest BCUT2D eigenvalue weighted by atomic mass is 16.1. The maximum Gasteiger partial charge on any atom is 0.226 e. The van der Waals surface area contributed by atoms with Crippen LogP contribution in [0.25, 0.3) is 5.57 Å².